The number of aryl methyl sites for hydroxylation is 1. The fourth-order valence-corrected chi connectivity index (χ4v) is 10.1. The van der Waals surface area contributed by atoms with Crippen molar-refractivity contribution >= 4 is 33.2 Å². The van der Waals surface area contributed by atoms with Gasteiger partial charge in [0.1, 0.15) is 5.69 Å². The number of para-hydroxylation sites is 1. The van der Waals surface area contributed by atoms with Crippen molar-refractivity contribution in [1.29, 1.82) is 0 Å². The number of aromatic nitrogens is 2. The van der Waals surface area contributed by atoms with Crippen molar-refractivity contribution < 1.29 is 13.2 Å². The van der Waals surface area contributed by atoms with E-state index >= 15 is 0 Å². The van der Waals surface area contributed by atoms with Gasteiger partial charge < -0.3 is 5.32 Å². The summed E-state index contributed by atoms with van der Waals surface area (Å²) >= 11 is 6.53. The molecule has 8 nitrogen and oxygen atoms in total. The van der Waals surface area contributed by atoms with E-state index in [-0.39, 0.29) is 32.0 Å². The Morgan fingerprint density at radius 1 is 1.06 bits per heavy atom. The number of nitrogens with one attached hydrogen (secondary N) is 1. The van der Waals surface area contributed by atoms with Crippen LogP contribution in [0.2, 0.25) is 5.02 Å². The fourth-order valence-electron chi connectivity index (χ4n) is 8.63. The number of hydrogen-bond acceptors (Lipinski definition) is 4. The largest absolute Gasteiger partial charge is 0.351 e. The van der Waals surface area contributed by atoms with Crippen LogP contribution in [-0.4, -0.2) is 37.3 Å². The van der Waals surface area contributed by atoms with Crippen molar-refractivity contribution in [2.75, 3.05) is 17.9 Å². The molecule has 0 radical (unpaired) electrons. The highest BCUT2D eigenvalue weighted by Gasteiger charge is 2.51. The molecule has 0 saturated heterocycles. The summed E-state index contributed by atoms with van der Waals surface area (Å²) < 4.78 is 32.0. The number of hydrogen-bond donors (Lipinski definition) is 1. The second-order valence-electron chi connectivity index (χ2n) is 14.8. The minimum absolute atomic E-state index is 0.0195. The molecule has 0 spiro atoms. The summed E-state index contributed by atoms with van der Waals surface area (Å²) in [4.78, 5) is 27.2. The van der Waals surface area contributed by atoms with Gasteiger partial charge in [-0.2, -0.15) is 0 Å². The average Bonchev–Trinajstić information content (AvgIpc) is 3.29. The number of fused-ring (bicyclic) bond motifs is 3. The molecule has 1 amide bonds. The van der Waals surface area contributed by atoms with Gasteiger partial charge in [-0.05, 0) is 102 Å². The van der Waals surface area contributed by atoms with Crippen molar-refractivity contribution in [1.82, 2.24) is 14.7 Å². The van der Waals surface area contributed by atoms with Gasteiger partial charge in [-0.25, -0.2) is 13.1 Å². The lowest BCUT2D eigenvalue weighted by molar-refractivity contribution is 0.0254. The Kier molecular flexibility index (Phi) is 9.16. The molecule has 3 atom stereocenters. The number of sulfonamides is 1. The number of rotatable bonds is 8. The quantitative estimate of drug-likeness (QED) is 0.206. The Morgan fingerprint density at radius 2 is 1.78 bits per heavy atom. The number of amides is 1. The normalized spacial score (nSPS) is 22.0. The van der Waals surface area contributed by atoms with Crippen LogP contribution in [0.15, 0.2) is 76.4 Å². The third kappa shape index (κ3) is 5.92. The molecule has 0 aliphatic heterocycles. The zero-order valence-electron chi connectivity index (χ0n) is 29.5. The molecule has 1 heterocycles. The van der Waals surface area contributed by atoms with E-state index in [1.54, 1.807) is 30.8 Å². The second-order valence-corrected chi connectivity index (χ2v) is 17.2. The van der Waals surface area contributed by atoms with Crippen molar-refractivity contribution in [3.05, 3.63) is 110 Å². The highest BCUT2D eigenvalue weighted by atomic mass is 35.5. The van der Waals surface area contributed by atoms with Crippen LogP contribution in [0.4, 0.5) is 5.69 Å². The van der Waals surface area contributed by atoms with Gasteiger partial charge in [-0.15, -0.1) is 0 Å². The van der Waals surface area contributed by atoms with Crippen LogP contribution >= 0.6 is 11.6 Å². The predicted molar refractivity (Wildman–Crippen MR) is 197 cm³/mol. The van der Waals surface area contributed by atoms with Crippen LogP contribution in [0.1, 0.15) is 92.0 Å². The Balaban J connectivity index is 1.24. The monoisotopic (exact) mass is 702 g/mol. The van der Waals surface area contributed by atoms with E-state index in [4.69, 9.17) is 11.6 Å². The minimum Gasteiger partial charge on any atom is -0.351 e. The molecule has 0 bridgehead atoms. The molecule has 1 N–H and O–H groups in total. The average molecular weight is 703 g/mol. The first-order chi connectivity index (χ1) is 23.1. The molecule has 10 heteroatoms. The van der Waals surface area contributed by atoms with Crippen molar-refractivity contribution in [3.63, 3.8) is 0 Å². The van der Waals surface area contributed by atoms with E-state index in [0.717, 1.165) is 36.4 Å². The van der Waals surface area contributed by atoms with Crippen molar-refractivity contribution in [2.45, 2.75) is 83.0 Å². The van der Waals surface area contributed by atoms with E-state index in [1.165, 1.54) is 46.6 Å². The van der Waals surface area contributed by atoms with Gasteiger partial charge in [-0.1, -0.05) is 82.1 Å². The Bertz CT molecular complexity index is 2090. The molecule has 3 aromatic carbocycles. The third-order valence-corrected chi connectivity index (χ3v) is 13.6. The van der Waals surface area contributed by atoms with Gasteiger partial charge >= 0.3 is 0 Å². The van der Waals surface area contributed by atoms with Crippen molar-refractivity contribution in [3.8, 4) is 5.69 Å². The van der Waals surface area contributed by atoms with E-state index in [9.17, 15) is 18.0 Å². The topological polar surface area (TPSA) is 93.4 Å². The molecular formula is C39H47ClN4O4S. The van der Waals surface area contributed by atoms with Crippen LogP contribution in [0.3, 0.4) is 0 Å². The zero-order valence-corrected chi connectivity index (χ0v) is 31.1. The molecule has 2 aliphatic rings. The summed E-state index contributed by atoms with van der Waals surface area (Å²) in [6, 6.07) is 20.2. The van der Waals surface area contributed by atoms with Crippen LogP contribution in [0.25, 0.3) is 5.69 Å². The minimum atomic E-state index is -4.24. The summed E-state index contributed by atoms with van der Waals surface area (Å²) in [6.45, 7) is 11.3. The maximum Gasteiger partial charge on any atom is 0.296 e. The molecule has 0 unspecified atom stereocenters. The van der Waals surface area contributed by atoms with Gasteiger partial charge in [0, 0.05) is 20.6 Å². The van der Waals surface area contributed by atoms with Gasteiger partial charge in [-0.3, -0.25) is 18.6 Å². The summed E-state index contributed by atoms with van der Waals surface area (Å²) in [5.41, 5.74) is 4.88. The molecule has 49 heavy (non-hydrogen) atoms. The lowest BCUT2D eigenvalue weighted by atomic mass is 9.49. The maximum absolute atomic E-state index is 14.0. The van der Waals surface area contributed by atoms with Crippen molar-refractivity contribution in [2.24, 2.45) is 18.4 Å². The number of benzene rings is 3. The van der Waals surface area contributed by atoms with Crippen LogP contribution in [0, 0.1) is 18.3 Å². The number of nitrogens with zero attached hydrogens (tertiary/aromatic N) is 3. The highest BCUT2D eigenvalue weighted by molar-refractivity contribution is 7.92. The van der Waals surface area contributed by atoms with E-state index < -0.39 is 21.5 Å². The molecule has 6 rings (SSSR count). The summed E-state index contributed by atoms with van der Waals surface area (Å²) in [6.07, 6.45) is 5.26. The zero-order chi connectivity index (χ0) is 35.5. The Hall–Kier alpha value is -3.82. The summed E-state index contributed by atoms with van der Waals surface area (Å²) in [5.74, 6) is 0.455. The molecule has 260 valence electrons. The number of anilines is 1. The lowest BCUT2D eigenvalue weighted by Crippen LogP contribution is -2.53. The lowest BCUT2D eigenvalue weighted by Gasteiger charge is -2.55. The molecule has 1 aromatic heterocycles. The number of halogens is 1. The maximum atomic E-state index is 14.0. The second kappa shape index (κ2) is 12.8. The Labute approximate surface area is 295 Å². The van der Waals surface area contributed by atoms with Gasteiger partial charge in [0.25, 0.3) is 21.5 Å². The fraction of sp³-hybridized carbons (Fsp3) is 0.436. The molecule has 4 aromatic rings. The van der Waals surface area contributed by atoms with E-state index in [1.807, 2.05) is 18.2 Å². The molecule has 1 saturated carbocycles. The standard InChI is InChI=1S/C39H47ClN4O4S/c1-25(2)27-14-17-32-28(22-27)15-19-34-38(4,20-11-21-39(32,34)5)24-41-36(45)31-23-30(16-18-33(31)40)49(47,48)43(7)35-26(3)42(6)44(37(35)46)29-12-9-8-10-13-29/h8-10,12-14,16-18,22-23,25,34H,11,15,19-21,24H2,1-7H3,(H,41,45)/t34-,38-,39+/m0/s1. The van der Waals surface area contributed by atoms with Gasteiger partial charge in [0.05, 0.1) is 26.9 Å². The first-order valence-electron chi connectivity index (χ1n) is 17.1. The molecule has 1 fully saturated rings. The Morgan fingerprint density at radius 3 is 2.47 bits per heavy atom. The van der Waals surface area contributed by atoms with E-state index in [0.29, 0.717) is 29.8 Å². The van der Waals surface area contributed by atoms with Crippen LogP contribution in [-0.2, 0) is 28.9 Å². The molecular weight excluding hydrogens is 656 g/mol. The van der Waals surface area contributed by atoms with Gasteiger partial charge in [0.15, 0.2) is 0 Å². The first kappa shape index (κ1) is 35.0. The van der Waals surface area contributed by atoms with Gasteiger partial charge in [0.2, 0.25) is 0 Å². The molecule has 2 aliphatic carbocycles. The third-order valence-electron chi connectivity index (χ3n) is 11.5. The predicted octanol–water partition coefficient (Wildman–Crippen LogP) is 7.53. The number of carbonyl (C=O) groups is 1. The first-order valence-corrected chi connectivity index (χ1v) is 19.0. The SMILES string of the molecule is Cc1c(N(C)S(=O)(=O)c2ccc(Cl)c(C(=O)NC[C@]3(C)CCC[C@]4(C)c5ccc(C(C)C)cc5CC[C@@H]34)c2)c(=O)n(-c2ccccc2)n1C. The van der Waals surface area contributed by atoms with Crippen LogP contribution in [0.5, 0.6) is 0 Å². The van der Waals surface area contributed by atoms with E-state index in [2.05, 4.69) is 51.2 Å². The summed E-state index contributed by atoms with van der Waals surface area (Å²) in [7, 11) is -1.17. The smallest absolute Gasteiger partial charge is 0.296 e. The summed E-state index contributed by atoms with van der Waals surface area (Å²) in [5, 5.41) is 3.31. The van der Waals surface area contributed by atoms with Crippen LogP contribution < -0.4 is 15.2 Å². The highest BCUT2D eigenvalue weighted by Crippen LogP contribution is 2.57. The number of carbonyl (C=O) groups excluding carboxylic acids is 1.